The summed E-state index contributed by atoms with van der Waals surface area (Å²) in [5.74, 6) is 1.20. The van der Waals surface area contributed by atoms with Gasteiger partial charge in [0.05, 0.1) is 6.54 Å². The van der Waals surface area contributed by atoms with Crippen molar-refractivity contribution in [3.05, 3.63) is 71.6 Å². The molecule has 31 heavy (non-hydrogen) atoms. The van der Waals surface area contributed by atoms with Gasteiger partial charge in [-0.25, -0.2) is 0 Å². The molecule has 1 amide bonds. The zero-order chi connectivity index (χ0) is 21.6. The molecule has 1 aliphatic heterocycles. The molecule has 0 unspecified atom stereocenters. The van der Waals surface area contributed by atoms with Gasteiger partial charge in [0, 0.05) is 50.1 Å². The van der Waals surface area contributed by atoms with Gasteiger partial charge in [-0.15, -0.1) is 0 Å². The molecule has 0 spiro atoms. The summed E-state index contributed by atoms with van der Waals surface area (Å²) in [7, 11) is 0. The minimum Gasteiger partial charge on any atom is -0.340 e. The van der Waals surface area contributed by atoms with Crippen LogP contribution in [0.4, 0.5) is 0 Å². The third-order valence-electron chi connectivity index (χ3n) is 5.52. The maximum Gasteiger partial charge on any atom is 0.241 e. The molecular formula is C24H26N4O3. The average molecular weight is 418 g/mol. The number of aromatic nitrogens is 2. The van der Waals surface area contributed by atoms with Gasteiger partial charge in [0.25, 0.3) is 0 Å². The van der Waals surface area contributed by atoms with Gasteiger partial charge in [-0.3, -0.25) is 14.5 Å². The molecule has 1 aromatic heterocycles. The zero-order valence-electron chi connectivity index (χ0n) is 17.7. The van der Waals surface area contributed by atoms with Crippen molar-refractivity contribution in [1.29, 1.82) is 0 Å². The number of amides is 1. The van der Waals surface area contributed by atoms with Crippen molar-refractivity contribution < 1.29 is 14.1 Å². The number of aryl methyl sites for hydroxylation is 1. The molecule has 0 saturated carbocycles. The lowest BCUT2D eigenvalue weighted by Gasteiger charge is -2.34. The molecular weight excluding hydrogens is 392 g/mol. The smallest absolute Gasteiger partial charge is 0.241 e. The Balaban J connectivity index is 1.23. The zero-order valence-corrected chi connectivity index (χ0v) is 17.7. The first-order chi connectivity index (χ1) is 15.1. The van der Waals surface area contributed by atoms with E-state index >= 15 is 0 Å². The Morgan fingerprint density at radius 1 is 0.935 bits per heavy atom. The Morgan fingerprint density at radius 2 is 1.65 bits per heavy atom. The minimum atomic E-state index is 0.00774. The third kappa shape index (κ3) is 5.44. The minimum absolute atomic E-state index is 0.00774. The van der Waals surface area contributed by atoms with Crippen molar-refractivity contribution in [2.24, 2.45) is 0 Å². The second-order valence-electron chi connectivity index (χ2n) is 7.82. The lowest BCUT2D eigenvalue weighted by atomic mass is 10.1. The molecule has 2 heterocycles. The first kappa shape index (κ1) is 20.9. The third-order valence-corrected chi connectivity index (χ3v) is 5.52. The Hall–Kier alpha value is -3.32. The fourth-order valence-corrected chi connectivity index (χ4v) is 3.63. The topological polar surface area (TPSA) is 79.5 Å². The highest BCUT2D eigenvalue weighted by molar-refractivity contribution is 5.97. The number of piperazine rings is 1. The molecule has 160 valence electrons. The number of hydrogen-bond acceptors (Lipinski definition) is 6. The highest BCUT2D eigenvalue weighted by Gasteiger charge is 2.23. The van der Waals surface area contributed by atoms with E-state index in [2.05, 4.69) is 15.0 Å². The van der Waals surface area contributed by atoms with Crippen molar-refractivity contribution in [1.82, 2.24) is 19.9 Å². The number of carbonyl (C=O) groups is 2. The Morgan fingerprint density at radius 3 is 2.35 bits per heavy atom. The molecule has 0 N–H and O–H groups in total. The van der Waals surface area contributed by atoms with E-state index in [1.807, 2.05) is 54.3 Å². The fourth-order valence-electron chi connectivity index (χ4n) is 3.63. The van der Waals surface area contributed by atoms with Crippen LogP contribution < -0.4 is 0 Å². The SMILES string of the molecule is Cc1ccc(-c2noc(CN3CCN(C(=O)CCC(=O)c4ccccc4)CC3)n2)cc1. The molecule has 1 fully saturated rings. The number of hydrogen-bond donors (Lipinski definition) is 0. The van der Waals surface area contributed by atoms with Crippen LogP contribution in [0.1, 0.15) is 34.7 Å². The van der Waals surface area contributed by atoms with Gasteiger partial charge in [-0.2, -0.15) is 4.98 Å². The molecule has 0 radical (unpaired) electrons. The van der Waals surface area contributed by atoms with Gasteiger partial charge in [-0.1, -0.05) is 65.3 Å². The van der Waals surface area contributed by atoms with Crippen LogP contribution in [0.3, 0.4) is 0 Å². The largest absolute Gasteiger partial charge is 0.340 e. The van der Waals surface area contributed by atoms with E-state index < -0.39 is 0 Å². The van der Waals surface area contributed by atoms with Crippen molar-refractivity contribution in [3.8, 4) is 11.4 Å². The summed E-state index contributed by atoms with van der Waals surface area (Å²) in [5, 5.41) is 4.08. The Labute approximate surface area is 181 Å². The van der Waals surface area contributed by atoms with E-state index in [1.54, 1.807) is 12.1 Å². The van der Waals surface area contributed by atoms with Gasteiger partial charge >= 0.3 is 0 Å². The highest BCUT2D eigenvalue weighted by Crippen LogP contribution is 2.17. The first-order valence-corrected chi connectivity index (χ1v) is 10.6. The second-order valence-corrected chi connectivity index (χ2v) is 7.82. The highest BCUT2D eigenvalue weighted by atomic mass is 16.5. The van der Waals surface area contributed by atoms with Gasteiger partial charge in [-0.05, 0) is 6.92 Å². The number of Topliss-reactive ketones (excluding diaryl/α,β-unsaturated/α-hetero) is 1. The lowest BCUT2D eigenvalue weighted by molar-refractivity contribution is -0.133. The van der Waals surface area contributed by atoms with Crippen LogP contribution in [0, 0.1) is 6.92 Å². The molecule has 7 heteroatoms. The van der Waals surface area contributed by atoms with Crippen LogP contribution in [0.5, 0.6) is 0 Å². The maximum atomic E-state index is 12.5. The predicted molar refractivity (Wildman–Crippen MR) is 116 cm³/mol. The Bertz CT molecular complexity index is 1020. The Kier molecular flexibility index (Phi) is 6.52. The van der Waals surface area contributed by atoms with Crippen LogP contribution in [0.25, 0.3) is 11.4 Å². The van der Waals surface area contributed by atoms with Crippen LogP contribution in [0.15, 0.2) is 59.1 Å². The van der Waals surface area contributed by atoms with E-state index in [0.717, 1.165) is 18.7 Å². The summed E-state index contributed by atoms with van der Waals surface area (Å²) < 4.78 is 5.41. The van der Waals surface area contributed by atoms with Crippen LogP contribution in [-0.4, -0.2) is 57.8 Å². The molecule has 0 atom stereocenters. The summed E-state index contributed by atoms with van der Waals surface area (Å²) in [4.78, 5) is 33.2. The lowest BCUT2D eigenvalue weighted by Crippen LogP contribution is -2.48. The summed E-state index contributed by atoms with van der Waals surface area (Å²) >= 11 is 0. The van der Waals surface area contributed by atoms with E-state index in [1.165, 1.54) is 5.56 Å². The summed E-state index contributed by atoms with van der Waals surface area (Å²) in [6.45, 7) is 5.35. The van der Waals surface area contributed by atoms with Crippen molar-refractivity contribution in [2.75, 3.05) is 26.2 Å². The van der Waals surface area contributed by atoms with Gasteiger partial charge in [0.2, 0.25) is 17.6 Å². The average Bonchev–Trinajstić information content (AvgIpc) is 3.27. The normalized spacial score (nSPS) is 14.5. The number of nitrogens with zero attached hydrogens (tertiary/aromatic N) is 4. The van der Waals surface area contributed by atoms with E-state index in [4.69, 9.17) is 4.52 Å². The van der Waals surface area contributed by atoms with Crippen molar-refractivity contribution in [2.45, 2.75) is 26.3 Å². The van der Waals surface area contributed by atoms with E-state index in [-0.39, 0.29) is 24.5 Å². The number of benzene rings is 2. The van der Waals surface area contributed by atoms with E-state index in [9.17, 15) is 9.59 Å². The van der Waals surface area contributed by atoms with Crippen molar-refractivity contribution >= 4 is 11.7 Å². The predicted octanol–water partition coefficient (Wildman–Crippen LogP) is 3.35. The molecule has 0 bridgehead atoms. The summed E-state index contributed by atoms with van der Waals surface area (Å²) in [6.07, 6.45) is 0.490. The van der Waals surface area contributed by atoms with Gasteiger partial charge in [0.1, 0.15) is 0 Å². The molecule has 1 saturated heterocycles. The number of ketones is 1. The van der Waals surface area contributed by atoms with Crippen molar-refractivity contribution in [3.63, 3.8) is 0 Å². The summed E-state index contributed by atoms with van der Waals surface area (Å²) in [6, 6.07) is 17.1. The molecule has 0 aliphatic carbocycles. The van der Waals surface area contributed by atoms with Gasteiger partial charge in [0.15, 0.2) is 5.78 Å². The molecule has 1 aliphatic rings. The number of carbonyl (C=O) groups excluding carboxylic acids is 2. The molecule has 4 rings (SSSR count). The molecule has 7 nitrogen and oxygen atoms in total. The molecule has 3 aromatic rings. The second kappa shape index (κ2) is 9.66. The van der Waals surface area contributed by atoms with Gasteiger partial charge < -0.3 is 9.42 Å². The number of rotatable bonds is 7. The molecule has 2 aromatic carbocycles. The van der Waals surface area contributed by atoms with E-state index in [0.29, 0.717) is 36.9 Å². The fraction of sp³-hybridized carbons (Fsp3) is 0.333. The monoisotopic (exact) mass is 418 g/mol. The van der Waals surface area contributed by atoms with Crippen LogP contribution >= 0.6 is 0 Å². The maximum absolute atomic E-state index is 12.5. The van der Waals surface area contributed by atoms with Crippen LogP contribution in [0.2, 0.25) is 0 Å². The first-order valence-electron chi connectivity index (χ1n) is 10.6. The summed E-state index contributed by atoms with van der Waals surface area (Å²) in [5.41, 5.74) is 2.77. The standard InChI is InChI=1S/C24H26N4O3/c1-18-7-9-20(10-8-18)24-25-22(31-26-24)17-27-13-15-28(16-14-27)23(30)12-11-21(29)19-5-3-2-4-6-19/h2-10H,11-17H2,1H3. The van der Waals surface area contributed by atoms with Crippen LogP contribution in [-0.2, 0) is 11.3 Å². The quantitative estimate of drug-likeness (QED) is 0.548.